The van der Waals surface area contributed by atoms with Crippen molar-refractivity contribution in [2.75, 3.05) is 25.0 Å². The molecule has 1 fully saturated rings. The smallest absolute Gasteiger partial charge is 0.321 e. The molecule has 7 nitrogen and oxygen atoms in total. The van der Waals surface area contributed by atoms with Gasteiger partial charge in [0, 0.05) is 32.3 Å². The van der Waals surface area contributed by atoms with Gasteiger partial charge in [0.15, 0.2) is 0 Å². The molecule has 1 atom stereocenters. The van der Waals surface area contributed by atoms with E-state index in [4.69, 9.17) is 9.72 Å². The first-order valence-electron chi connectivity index (χ1n) is 9.21. The van der Waals surface area contributed by atoms with Crippen LogP contribution in [-0.4, -0.2) is 45.2 Å². The molecule has 3 heterocycles. The summed E-state index contributed by atoms with van der Waals surface area (Å²) in [7, 11) is 2.01. The second-order valence-corrected chi connectivity index (χ2v) is 6.68. The van der Waals surface area contributed by atoms with Gasteiger partial charge >= 0.3 is 6.03 Å². The third-order valence-corrected chi connectivity index (χ3v) is 4.99. The van der Waals surface area contributed by atoms with Gasteiger partial charge in [-0.2, -0.15) is 0 Å². The SMILES string of the molecule is CCOc1ccccc1NC(=O)N1CCC(c2nc3ccncc3n2C)C1. The quantitative estimate of drug-likeness (QED) is 0.769. The van der Waals surface area contributed by atoms with Crippen LogP contribution in [0.15, 0.2) is 42.7 Å². The third kappa shape index (κ3) is 3.32. The summed E-state index contributed by atoms with van der Waals surface area (Å²) < 4.78 is 7.67. The van der Waals surface area contributed by atoms with Gasteiger partial charge in [0.25, 0.3) is 0 Å². The van der Waals surface area contributed by atoms with Crippen molar-refractivity contribution in [2.45, 2.75) is 19.3 Å². The molecule has 0 saturated carbocycles. The molecule has 27 heavy (non-hydrogen) atoms. The van der Waals surface area contributed by atoms with E-state index in [1.54, 1.807) is 6.20 Å². The summed E-state index contributed by atoms with van der Waals surface area (Å²) in [6.45, 7) is 3.83. The topological polar surface area (TPSA) is 72.3 Å². The van der Waals surface area contributed by atoms with Crippen LogP contribution >= 0.6 is 0 Å². The van der Waals surface area contributed by atoms with Crippen LogP contribution in [-0.2, 0) is 7.05 Å². The number of pyridine rings is 1. The molecule has 4 rings (SSSR count). The van der Waals surface area contributed by atoms with Crippen LogP contribution in [0.3, 0.4) is 0 Å². The first-order chi connectivity index (χ1) is 13.2. The maximum atomic E-state index is 12.7. The Hall–Kier alpha value is -3.09. The molecule has 140 valence electrons. The minimum atomic E-state index is -0.106. The highest BCUT2D eigenvalue weighted by atomic mass is 16.5. The van der Waals surface area contributed by atoms with E-state index in [0.717, 1.165) is 23.3 Å². The number of nitrogens with zero attached hydrogens (tertiary/aromatic N) is 4. The van der Waals surface area contributed by atoms with Gasteiger partial charge in [0.05, 0.1) is 29.5 Å². The molecule has 2 aromatic heterocycles. The van der Waals surface area contributed by atoms with Crippen molar-refractivity contribution in [1.29, 1.82) is 0 Å². The van der Waals surface area contributed by atoms with Gasteiger partial charge in [-0.1, -0.05) is 12.1 Å². The fourth-order valence-corrected chi connectivity index (χ4v) is 3.62. The van der Waals surface area contributed by atoms with E-state index in [1.165, 1.54) is 0 Å². The number of hydrogen-bond donors (Lipinski definition) is 1. The minimum absolute atomic E-state index is 0.106. The number of aryl methyl sites for hydroxylation is 1. The molecule has 1 unspecified atom stereocenters. The minimum Gasteiger partial charge on any atom is -0.492 e. The highest BCUT2D eigenvalue weighted by Gasteiger charge is 2.30. The number of aromatic nitrogens is 3. The summed E-state index contributed by atoms with van der Waals surface area (Å²) >= 11 is 0. The van der Waals surface area contributed by atoms with E-state index >= 15 is 0 Å². The zero-order chi connectivity index (χ0) is 18.8. The molecule has 1 aromatic carbocycles. The Bertz CT molecular complexity index is 968. The van der Waals surface area contributed by atoms with Gasteiger partial charge in [0.2, 0.25) is 0 Å². The first-order valence-corrected chi connectivity index (χ1v) is 9.21. The van der Waals surface area contributed by atoms with Crippen molar-refractivity contribution in [3.8, 4) is 5.75 Å². The van der Waals surface area contributed by atoms with Crippen molar-refractivity contribution in [3.63, 3.8) is 0 Å². The normalized spacial score (nSPS) is 16.7. The van der Waals surface area contributed by atoms with Crippen molar-refractivity contribution >= 4 is 22.8 Å². The van der Waals surface area contributed by atoms with Crippen LogP contribution in [0.5, 0.6) is 5.75 Å². The van der Waals surface area contributed by atoms with Crippen molar-refractivity contribution in [2.24, 2.45) is 7.05 Å². The van der Waals surface area contributed by atoms with Crippen LogP contribution in [0.1, 0.15) is 25.1 Å². The van der Waals surface area contributed by atoms with Crippen LogP contribution in [0.2, 0.25) is 0 Å². The largest absolute Gasteiger partial charge is 0.492 e. The number of carbonyl (C=O) groups is 1. The van der Waals surface area contributed by atoms with Crippen molar-refractivity contribution < 1.29 is 9.53 Å². The number of anilines is 1. The Morgan fingerprint density at radius 3 is 3.00 bits per heavy atom. The molecule has 1 aliphatic heterocycles. The second kappa shape index (κ2) is 7.26. The fourth-order valence-electron chi connectivity index (χ4n) is 3.62. The van der Waals surface area contributed by atoms with Gasteiger partial charge in [-0.05, 0) is 31.5 Å². The summed E-state index contributed by atoms with van der Waals surface area (Å²) in [6.07, 6.45) is 4.48. The number of para-hydroxylation sites is 2. The Morgan fingerprint density at radius 2 is 2.19 bits per heavy atom. The maximum Gasteiger partial charge on any atom is 0.321 e. The standard InChI is InChI=1S/C20H23N5O2/c1-3-27-18-7-5-4-6-16(18)23-20(26)25-11-9-14(13-25)19-22-15-8-10-21-12-17(15)24(19)2/h4-8,10,12,14H,3,9,11,13H2,1-2H3,(H,23,26). The molecule has 1 aliphatic rings. The average molecular weight is 365 g/mol. The predicted octanol–water partition coefficient (Wildman–Crippen LogP) is 3.39. The molecule has 2 amide bonds. The lowest BCUT2D eigenvalue weighted by molar-refractivity contribution is 0.221. The number of hydrogen-bond acceptors (Lipinski definition) is 4. The molecular formula is C20H23N5O2. The summed E-state index contributed by atoms with van der Waals surface area (Å²) in [6, 6.07) is 9.31. The number of rotatable bonds is 4. The fraction of sp³-hybridized carbons (Fsp3) is 0.350. The molecule has 7 heteroatoms. The van der Waals surface area contributed by atoms with Gasteiger partial charge in [-0.15, -0.1) is 0 Å². The summed E-state index contributed by atoms with van der Waals surface area (Å²) in [5.74, 6) is 1.91. The zero-order valence-corrected chi connectivity index (χ0v) is 15.6. The van der Waals surface area contributed by atoms with Crippen molar-refractivity contribution in [1.82, 2.24) is 19.4 Å². The van der Waals surface area contributed by atoms with E-state index < -0.39 is 0 Å². The van der Waals surface area contributed by atoms with Crippen LogP contribution in [0.25, 0.3) is 11.0 Å². The Morgan fingerprint density at radius 1 is 1.33 bits per heavy atom. The highest BCUT2D eigenvalue weighted by molar-refractivity contribution is 5.91. The van der Waals surface area contributed by atoms with E-state index in [2.05, 4.69) is 14.9 Å². The molecule has 0 aliphatic carbocycles. The van der Waals surface area contributed by atoms with Crippen LogP contribution < -0.4 is 10.1 Å². The van der Waals surface area contributed by atoms with E-state index in [1.807, 2.05) is 55.4 Å². The molecule has 0 spiro atoms. The number of fused-ring (bicyclic) bond motifs is 1. The van der Waals surface area contributed by atoms with Gasteiger partial charge in [-0.25, -0.2) is 9.78 Å². The predicted molar refractivity (Wildman–Crippen MR) is 104 cm³/mol. The number of carbonyl (C=O) groups excluding carboxylic acids is 1. The number of imidazole rings is 1. The monoisotopic (exact) mass is 365 g/mol. The van der Waals surface area contributed by atoms with Gasteiger partial charge in [-0.3, -0.25) is 4.98 Å². The number of amides is 2. The Labute approximate surface area is 158 Å². The third-order valence-electron chi connectivity index (χ3n) is 4.99. The second-order valence-electron chi connectivity index (χ2n) is 6.68. The lowest BCUT2D eigenvalue weighted by Crippen LogP contribution is -2.33. The van der Waals surface area contributed by atoms with Crippen LogP contribution in [0.4, 0.5) is 10.5 Å². The zero-order valence-electron chi connectivity index (χ0n) is 15.6. The highest BCUT2D eigenvalue weighted by Crippen LogP contribution is 2.30. The Kier molecular flexibility index (Phi) is 4.66. The number of ether oxygens (including phenoxy) is 1. The summed E-state index contributed by atoms with van der Waals surface area (Å²) in [4.78, 5) is 23.5. The van der Waals surface area contributed by atoms with E-state index in [0.29, 0.717) is 31.1 Å². The molecule has 0 radical (unpaired) electrons. The Balaban J connectivity index is 1.47. The van der Waals surface area contributed by atoms with E-state index in [9.17, 15) is 4.79 Å². The first kappa shape index (κ1) is 17.3. The molecule has 3 aromatic rings. The van der Waals surface area contributed by atoms with Gasteiger partial charge < -0.3 is 19.5 Å². The van der Waals surface area contributed by atoms with E-state index in [-0.39, 0.29) is 11.9 Å². The number of likely N-dealkylation sites (tertiary alicyclic amines) is 1. The van der Waals surface area contributed by atoms with Crippen molar-refractivity contribution in [3.05, 3.63) is 48.5 Å². The van der Waals surface area contributed by atoms with Crippen LogP contribution in [0, 0.1) is 0 Å². The lowest BCUT2D eigenvalue weighted by Gasteiger charge is -2.19. The average Bonchev–Trinajstić information content (AvgIpc) is 3.29. The summed E-state index contributed by atoms with van der Waals surface area (Å²) in [5.41, 5.74) is 2.65. The van der Waals surface area contributed by atoms with Gasteiger partial charge in [0.1, 0.15) is 11.6 Å². The number of benzene rings is 1. The summed E-state index contributed by atoms with van der Waals surface area (Å²) in [5, 5.41) is 2.98. The number of urea groups is 1. The number of nitrogens with one attached hydrogen (secondary N) is 1. The molecule has 1 saturated heterocycles. The maximum absolute atomic E-state index is 12.7. The molecule has 0 bridgehead atoms. The molecular weight excluding hydrogens is 342 g/mol. The molecule has 1 N–H and O–H groups in total. The lowest BCUT2D eigenvalue weighted by atomic mass is 10.1.